The van der Waals surface area contributed by atoms with Crippen LogP contribution in [0.2, 0.25) is 0 Å². The van der Waals surface area contributed by atoms with Crippen molar-refractivity contribution in [3.8, 4) is 0 Å². The lowest BCUT2D eigenvalue weighted by atomic mass is 9.70. The average Bonchev–Trinajstić information content (AvgIpc) is 2.58. The Morgan fingerprint density at radius 1 is 1.30 bits per heavy atom. The van der Waals surface area contributed by atoms with Crippen LogP contribution in [0.5, 0.6) is 0 Å². The first-order chi connectivity index (χ1) is 9.06. The molecule has 2 amide bonds. The van der Waals surface area contributed by atoms with Crippen LogP contribution in [0.4, 0.5) is 18.0 Å². The van der Waals surface area contributed by atoms with Gasteiger partial charge in [0.15, 0.2) is 0 Å². The molecule has 20 heavy (non-hydrogen) atoms. The third kappa shape index (κ3) is 2.74. The fourth-order valence-corrected chi connectivity index (χ4v) is 3.36. The van der Waals surface area contributed by atoms with E-state index in [2.05, 4.69) is 12.2 Å². The number of nitrogens with one attached hydrogen (secondary N) is 1. The van der Waals surface area contributed by atoms with Gasteiger partial charge in [-0.15, -0.1) is 0 Å². The summed E-state index contributed by atoms with van der Waals surface area (Å²) < 4.78 is 38.9. The Morgan fingerprint density at radius 3 is 2.30 bits per heavy atom. The number of hydrogen-bond donors (Lipinski definition) is 1. The molecule has 1 N–H and O–H groups in total. The lowest BCUT2D eigenvalue weighted by molar-refractivity contribution is -0.189. The number of urea groups is 1. The second kappa shape index (κ2) is 4.81. The maximum absolute atomic E-state index is 13.0. The highest BCUT2D eigenvalue weighted by Gasteiger charge is 2.56. The van der Waals surface area contributed by atoms with Gasteiger partial charge in [-0.05, 0) is 38.5 Å². The van der Waals surface area contributed by atoms with E-state index >= 15 is 0 Å². The van der Waals surface area contributed by atoms with Crippen molar-refractivity contribution in [1.82, 2.24) is 10.2 Å². The zero-order chi connectivity index (χ0) is 15.2. The van der Waals surface area contributed by atoms with Gasteiger partial charge in [0, 0.05) is 13.1 Å². The molecule has 0 aromatic heterocycles. The van der Waals surface area contributed by atoms with E-state index in [0.29, 0.717) is 6.54 Å². The van der Waals surface area contributed by atoms with Gasteiger partial charge in [0.05, 0.1) is 11.5 Å². The van der Waals surface area contributed by atoms with Crippen LogP contribution >= 0.6 is 0 Å². The maximum atomic E-state index is 13.0. The third-order valence-electron chi connectivity index (χ3n) is 5.06. The van der Waals surface area contributed by atoms with Crippen molar-refractivity contribution in [3.05, 3.63) is 0 Å². The number of carbonyl (C=O) groups excluding carboxylic acids is 1. The first kappa shape index (κ1) is 15.4. The molecule has 1 aliphatic heterocycles. The summed E-state index contributed by atoms with van der Waals surface area (Å²) in [6.45, 7) is 5.82. The van der Waals surface area contributed by atoms with E-state index in [4.69, 9.17) is 0 Å². The Balaban J connectivity index is 1.97. The largest absolute Gasteiger partial charge is 0.394 e. The van der Waals surface area contributed by atoms with Gasteiger partial charge in [0.2, 0.25) is 0 Å². The number of nitrogens with zero attached hydrogens (tertiary/aromatic N) is 1. The van der Waals surface area contributed by atoms with Gasteiger partial charge in [0.25, 0.3) is 0 Å². The zero-order valence-corrected chi connectivity index (χ0v) is 12.3. The van der Waals surface area contributed by atoms with Crippen molar-refractivity contribution in [2.24, 2.45) is 11.3 Å². The summed E-state index contributed by atoms with van der Waals surface area (Å²) in [6.07, 6.45) is -0.957. The van der Waals surface area contributed by atoms with Crippen LogP contribution in [0.15, 0.2) is 0 Å². The second-order valence-electron chi connectivity index (χ2n) is 7.01. The SMILES string of the molecule is CC1(CNC(=O)N2CC[C@H](C(F)(F)F)C2(C)C)CCC1. The minimum atomic E-state index is -4.25. The highest BCUT2D eigenvalue weighted by atomic mass is 19.4. The summed E-state index contributed by atoms with van der Waals surface area (Å²) in [5.74, 6) is -1.44. The molecule has 6 heteroatoms. The smallest absolute Gasteiger partial charge is 0.337 e. The molecular weight excluding hydrogens is 269 g/mol. The minimum absolute atomic E-state index is 0.0127. The molecule has 2 aliphatic rings. The van der Waals surface area contributed by atoms with Gasteiger partial charge in [-0.25, -0.2) is 4.79 Å². The number of amides is 2. The van der Waals surface area contributed by atoms with E-state index in [1.165, 1.54) is 18.7 Å². The molecule has 0 unspecified atom stereocenters. The number of hydrogen-bond acceptors (Lipinski definition) is 1. The van der Waals surface area contributed by atoms with Crippen LogP contribution in [-0.4, -0.2) is 35.7 Å². The van der Waals surface area contributed by atoms with E-state index in [1.807, 2.05) is 0 Å². The molecule has 1 saturated carbocycles. The average molecular weight is 292 g/mol. The van der Waals surface area contributed by atoms with Gasteiger partial charge in [0.1, 0.15) is 0 Å². The van der Waals surface area contributed by atoms with E-state index in [1.54, 1.807) is 0 Å². The molecule has 1 atom stereocenters. The van der Waals surface area contributed by atoms with Gasteiger partial charge >= 0.3 is 12.2 Å². The van der Waals surface area contributed by atoms with Gasteiger partial charge in [-0.3, -0.25) is 0 Å². The Bertz CT molecular complexity index is 388. The first-order valence-electron chi connectivity index (χ1n) is 7.18. The van der Waals surface area contributed by atoms with Gasteiger partial charge in [-0.1, -0.05) is 13.3 Å². The van der Waals surface area contributed by atoms with E-state index in [0.717, 1.165) is 19.3 Å². The Kier molecular flexibility index (Phi) is 3.71. The topological polar surface area (TPSA) is 32.3 Å². The number of carbonyl (C=O) groups is 1. The third-order valence-corrected chi connectivity index (χ3v) is 5.06. The molecule has 1 saturated heterocycles. The highest BCUT2D eigenvalue weighted by molar-refractivity contribution is 5.75. The van der Waals surface area contributed by atoms with E-state index < -0.39 is 17.6 Å². The molecule has 3 nitrogen and oxygen atoms in total. The van der Waals surface area contributed by atoms with Crippen molar-refractivity contribution in [1.29, 1.82) is 0 Å². The summed E-state index contributed by atoms with van der Waals surface area (Å²) in [5.41, 5.74) is -1.05. The molecule has 0 spiro atoms. The van der Waals surface area contributed by atoms with Crippen molar-refractivity contribution < 1.29 is 18.0 Å². The fraction of sp³-hybridized carbons (Fsp3) is 0.929. The van der Waals surface area contributed by atoms with Crippen LogP contribution in [0.1, 0.15) is 46.5 Å². The monoisotopic (exact) mass is 292 g/mol. The van der Waals surface area contributed by atoms with E-state index in [-0.39, 0.29) is 24.4 Å². The molecule has 1 aliphatic carbocycles. The quantitative estimate of drug-likeness (QED) is 0.829. The summed E-state index contributed by atoms with van der Waals surface area (Å²) in [4.78, 5) is 13.5. The van der Waals surface area contributed by atoms with Crippen molar-refractivity contribution >= 4 is 6.03 Å². The van der Waals surface area contributed by atoms with Crippen LogP contribution in [0, 0.1) is 11.3 Å². The van der Waals surface area contributed by atoms with E-state index in [9.17, 15) is 18.0 Å². The first-order valence-corrected chi connectivity index (χ1v) is 7.18. The summed E-state index contributed by atoms with van der Waals surface area (Å²) in [5, 5.41) is 2.81. The number of alkyl halides is 3. The lowest BCUT2D eigenvalue weighted by Crippen LogP contribution is -2.54. The molecule has 2 fully saturated rings. The molecular formula is C14H23F3N2O. The molecule has 2 rings (SSSR count). The van der Waals surface area contributed by atoms with Gasteiger partial charge < -0.3 is 10.2 Å². The molecule has 0 bridgehead atoms. The maximum Gasteiger partial charge on any atom is 0.394 e. The van der Waals surface area contributed by atoms with Crippen LogP contribution in [0.3, 0.4) is 0 Å². The predicted octanol–water partition coefficient (Wildman–Crippen LogP) is 3.55. The molecule has 0 aromatic carbocycles. The standard InChI is InChI=1S/C14H23F3N2O/c1-12(2)10(14(15,16)17)5-8-19(12)11(20)18-9-13(3)6-4-7-13/h10H,4-9H2,1-3H3,(H,18,20)/t10-/m0/s1. The Morgan fingerprint density at radius 2 is 1.90 bits per heavy atom. The summed E-state index contributed by atoms with van der Waals surface area (Å²) in [7, 11) is 0. The number of likely N-dealkylation sites (tertiary alicyclic amines) is 1. The number of rotatable bonds is 2. The zero-order valence-electron chi connectivity index (χ0n) is 12.3. The van der Waals surface area contributed by atoms with Crippen LogP contribution < -0.4 is 5.32 Å². The van der Waals surface area contributed by atoms with Crippen molar-refractivity contribution in [3.63, 3.8) is 0 Å². The van der Waals surface area contributed by atoms with Gasteiger partial charge in [-0.2, -0.15) is 13.2 Å². The Hall–Kier alpha value is -0.940. The summed E-state index contributed by atoms with van der Waals surface area (Å²) in [6, 6.07) is -0.366. The summed E-state index contributed by atoms with van der Waals surface area (Å²) >= 11 is 0. The van der Waals surface area contributed by atoms with Crippen LogP contribution in [0.25, 0.3) is 0 Å². The molecule has 1 heterocycles. The normalized spacial score (nSPS) is 28.1. The molecule has 0 aromatic rings. The molecule has 0 radical (unpaired) electrons. The predicted molar refractivity (Wildman–Crippen MR) is 70.3 cm³/mol. The minimum Gasteiger partial charge on any atom is -0.337 e. The van der Waals surface area contributed by atoms with Crippen molar-refractivity contribution in [2.45, 2.75) is 58.2 Å². The van der Waals surface area contributed by atoms with Crippen LogP contribution in [-0.2, 0) is 0 Å². The van der Waals surface area contributed by atoms with Crippen molar-refractivity contribution in [2.75, 3.05) is 13.1 Å². The number of halogens is 3. The lowest BCUT2D eigenvalue weighted by Gasteiger charge is -2.40. The Labute approximate surface area is 117 Å². The molecule has 116 valence electrons. The second-order valence-corrected chi connectivity index (χ2v) is 7.01. The fourth-order valence-electron chi connectivity index (χ4n) is 3.36. The highest BCUT2D eigenvalue weighted by Crippen LogP contribution is 2.45.